The van der Waals surface area contributed by atoms with E-state index in [1.807, 2.05) is 0 Å². The van der Waals surface area contributed by atoms with E-state index >= 15 is 0 Å². The summed E-state index contributed by atoms with van der Waals surface area (Å²) in [6.45, 7) is 2.91. The van der Waals surface area contributed by atoms with Gasteiger partial charge in [-0.25, -0.2) is 8.42 Å². The first-order valence-corrected chi connectivity index (χ1v) is 12.2. The second-order valence-corrected chi connectivity index (χ2v) is 11.6. The van der Waals surface area contributed by atoms with Crippen molar-refractivity contribution in [2.45, 2.75) is 76.9 Å². The van der Waals surface area contributed by atoms with Crippen LogP contribution < -0.4 is 29.6 Å². The molecule has 0 radical (unpaired) electrons. The van der Waals surface area contributed by atoms with E-state index in [9.17, 15) is 32.8 Å². The molecule has 4 rings (SSSR count). The molecule has 0 heterocycles. The molecule has 0 saturated heterocycles. The average molecular weight is 467 g/mol. The van der Waals surface area contributed by atoms with Crippen molar-refractivity contribution in [1.29, 1.82) is 0 Å². The standard InChI is InChI=1S/C21H32O8S.Na/c1-19-7-5-13(22)9-12(19)3-4-14-15-6-8-21(25,17(24)11-29-30(26,27)28)20(15,2)10-16(23)18(14)19;/h12-15,18,22,25H,3-11H2,1-2H3,(H,26,27,28);/q;+1/p-1/t12-,13-,14+,15+,18-,19+,20+,21+;/m1./s1. The number of fused-ring (bicyclic) bond motifs is 5. The van der Waals surface area contributed by atoms with Gasteiger partial charge in [0.15, 0.2) is 5.78 Å². The fourth-order valence-electron chi connectivity index (χ4n) is 7.76. The van der Waals surface area contributed by atoms with Gasteiger partial charge in [-0.05, 0) is 68.1 Å². The molecule has 0 amide bonds. The van der Waals surface area contributed by atoms with Crippen LogP contribution in [0.2, 0.25) is 0 Å². The van der Waals surface area contributed by atoms with Crippen LogP contribution >= 0.6 is 0 Å². The van der Waals surface area contributed by atoms with Crippen LogP contribution in [0.1, 0.15) is 65.2 Å². The van der Waals surface area contributed by atoms with Gasteiger partial charge in [0.05, 0.1) is 6.10 Å². The third-order valence-electron chi connectivity index (χ3n) is 9.27. The molecule has 4 fully saturated rings. The molecule has 8 atom stereocenters. The molecule has 0 bridgehead atoms. The second-order valence-electron chi connectivity index (χ2n) is 10.5. The summed E-state index contributed by atoms with van der Waals surface area (Å²) in [5, 5.41) is 21.5. The summed E-state index contributed by atoms with van der Waals surface area (Å²) in [7, 11) is -5.05. The smallest absolute Gasteiger partial charge is 0.726 e. The largest absolute Gasteiger partial charge is 1.00 e. The molecule has 2 N–H and O–H groups in total. The number of ketones is 2. The van der Waals surface area contributed by atoms with Gasteiger partial charge in [-0.1, -0.05) is 13.8 Å². The maximum Gasteiger partial charge on any atom is 1.00 e. The second kappa shape index (κ2) is 8.41. The summed E-state index contributed by atoms with van der Waals surface area (Å²) >= 11 is 0. The van der Waals surface area contributed by atoms with Crippen molar-refractivity contribution in [2.24, 2.45) is 34.5 Å². The van der Waals surface area contributed by atoms with Crippen LogP contribution in [0.4, 0.5) is 0 Å². The van der Waals surface area contributed by atoms with Gasteiger partial charge in [0.25, 0.3) is 0 Å². The maximum absolute atomic E-state index is 13.5. The zero-order valence-electron chi connectivity index (χ0n) is 18.5. The van der Waals surface area contributed by atoms with Crippen molar-refractivity contribution in [1.82, 2.24) is 0 Å². The zero-order valence-corrected chi connectivity index (χ0v) is 21.3. The SMILES string of the molecule is C[C@]12CC[C@@H](O)C[C@H]1CC[C@@H]1[C@@H]2C(=O)C[C@@]2(C)[C@H]1CC[C@]2(O)C(=O)COS(=O)(=O)[O-].[Na+]. The molecule has 0 aromatic carbocycles. The monoisotopic (exact) mass is 466 g/mol. The molecule has 0 spiro atoms. The Morgan fingerprint density at radius 1 is 1.19 bits per heavy atom. The minimum Gasteiger partial charge on any atom is -0.726 e. The van der Waals surface area contributed by atoms with E-state index < -0.39 is 33.8 Å². The summed E-state index contributed by atoms with van der Waals surface area (Å²) < 4.78 is 36.4. The van der Waals surface area contributed by atoms with Gasteiger partial charge in [-0.3, -0.25) is 13.8 Å². The van der Waals surface area contributed by atoms with Gasteiger partial charge in [-0.15, -0.1) is 0 Å². The summed E-state index contributed by atoms with van der Waals surface area (Å²) in [5.74, 6) is -0.626. The van der Waals surface area contributed by atoms with Crippen LogP contribution in [-0.4, -0.2) is 53.1 Å². The first kappa shape index (κ1) is 25.7. The molecule has 0 aliphatic heterocycles. The molecule has 4 saturated carbocycles. The van der Waals surface area contributed by atoms with Crippen LogP contribution in [0.25, 0.3) is 0 Å². The number of rotatable bonds is 4. The Hall–Kier alpha value is 0.130. The minimum atomic E-state index is -5.05. The van der Waals surface area contributed by atoms with E-state index in [0.29, 0.717) is 18.8 Å². The Morgan fingerprint density at radius 2 is 1.87 bits per heavy atom. The van der Waals surface area contributed by atoms with Gasteiger partial charge >= 0.3 is 29.6 Å². The van der Waals surface area contributed by atoms with Crippen LogP contribution in [0.5, 0.6) is 0 Å². The van der Waals surface area contributed by atoms with Crippen molar-refractivity contribution >= 4 is 22.0 Å². The molecule has 170 valence electrons. The predicted octanol–water partition coefficient (Wildman–Crippen LogP) is -1.65. The Morgan fingerprint density at radius 3 is 2.52 bits per heavy atom. The van der Waals surface area contributed by atoms with Crippen LogP contribution in [0, 0.1) is 34.5 Å². The number of aliphatic hydroxyl groups is 2. The number of hydrogen-bond acceptors (Lipinski definition) is 8. The Balaban J connectivity index is 0.00000272. The number of carbonyl (C=O) groups excluding carboxylic acids is 2. The van der Waals surface area contributed by atoms with Gasteiger partial charge in [0.1, 0.15) is 18.0 Å². The average Bonchev–Trinajstić information content (AvgIpc) is 2.91. The molecule has 10 heteroatoms. The minimum absolute atomic E-state index is 0. The van der Waals surface area contributed by atoms with Crippen LogP contribution in [-0.2, 0) is 24.2 Å². The van der Waals surface area contributed by atoms with Gasteiger partial charge in [-0.2, -0.15) is 0 Å². The third-order valence-corrected chi connectivity index (χ3v) is 9.68. The summed E-state index contributed by atoms with van der Waals surface area (Å²) in [6, 6.07) is 0. The molecule has 8 nitrogen and oxygen atoms in total. The maximum atomic E-state index is 13.5. The summed E-state index contributed by atoms with van der Waals surface area (Å²) in [5.41, 5.74) is -3.07. The molecular weight excluding hydrogens is 435 g/mol. The normalized spacial score (nSPS) is 47.0. The van der Waals surface area contributed by atoms with Crippen molar-refractivity contribution in [3.8, 4) is 0 Å². The predicted molar refractivity (Wildman–Crippen MR) is 104 cm³/mol. The first-order valence-electron chi connectivity index (χ1n) is 10.9. The molecule has 0 aromatic heterocycles. The fourth-order valence-corrected chi connectivity index (χ4v) is 8.01. The van der Waals surface area contributed by atoms with E-state index in [-0.39, 0.29) is 77.5 Å². The van der Waals surface area contributed by atoms with Crippen molar-refractivity contribution < 1.29 is 66.5 Å². The van der Waals surface area contributed by atoms with Crippen molar-refractivity contribution in [3.63, 3.8) is 0 Å². The van der Waals surface area contributed by atoms with E-state index in [2.05, 4.69) is 11.1 Å². The van der Waals surface area contributed by atoms with E-state index in [1.165, 1.54) is 0 Å². The Kier molecular flexibility index (Phi) is 6.99. The Labute approximate surface area is 205 Å². The summed E-state index contributed by atoms with van der Waals surface area (Å²) in [6.07, 6.45) is 4.38. The van der Waals surface area contributed by atoms with Gasteiger partial charge < -0.3 is 14.8 Å². The quantitative estimate of drug-likeness (QED) is 0.285. The molecule has 0 unspecified atom stereocenters. The number of carbonyl (C=O) groups is 2. The topological polar surface area (TPSA) is 141 Å². The van der Waals surface area contributed by atoms with Crippen LogP contribution in [0.3, 0.4) is 0 Å². The number of hydrogen-bond donors (Lipinski definition) is 2. The summed E-state index contributed by atoms with van der Waals surface area (Å²) in [4.78, 5) is 26.2. The van der Waals surface area contributed by atoms with Crippen molar-refractivity contribution in [2.75, 3.05) is 6.61 Å². The van der Waals surface area contributed by atoms with Gasteiger partial charge in [0, 0.05) is 17.8 Å². The molecule has 31 heavy (non-hydrogen) atoms. The number of aliphatic hydroxyl groups excluding tert-OH is 1. The molecule has 4 aliphatic rings. The van der Waals surface area contributed by atoms with Crippen molar-refractivity contribution in [3.05, 3.63) is 0 Å². The zero-order chi connectivity index (χ0) is 22.1. The molecule has 4 aliphatic carbocycles. The van der Waals surface area contributed by atoms with E-state index in [4.69, 9.17) is 0 Å². The van der Waals surface area contributed by atoms with E-state index in [1.54, 1.807) is 6.92 Å². The van der Waals surface area contributed by atoms with E-state index in [0.717, 1.165) is 25.7 Å². The van der Waals surface area contributed by atoms with Crippen LogP contribution in [0.15, 0.2) is 0 Å². The molecular formula is C21H31NaO8S. The Bertz CT molecular complexity index is 861. The molecule has 0 aromatic rings. The van der Waals surface area contributed by atoms with Gasteiger partial charge in [0.2, 0.25) is 10.4 Å². The third kappa shape index (κ3) is 4.01. The first-order chi connectivity index (χ1) is 13.8. The fraction of sp³-hybridized carbons (Fsp3) is 0.905. The number of Topliss-reactive ketones (excluding diaryl/α,β-unsaturated/α-hetero) is 2.